The second-order valence-corrected chi connectivity index (χ2v) is 6.75. The van der Waals surface area contributed by atoms with E-state index in [9.17, 15) is 4.79 Å². The Morgan fingerprint density at radius 2 is 1.68 bits per heavy atom. The molecule has 0 aromatic heterocycles. The van der Waals surface area contributed by atoms with E-state index in [1.807, 2.05) is 12.1 Å². The van der Waals surface area contributed by atoms with Gasteiger partial charge in [0, 0.05) is 5.56 Å². The summed E-state index contributed by atoms with van der Waals surface area (Å²) < 4.78 is 5.61. The molecule has 132 valence electrons. The van der Waals surface area contributed by atoms with Crippen LogP contribution in [0.4, 0.5) is 0 Å². The molecular weight excluding hydrogens is 312 g/mol. The third-order valence-electron chi connectivity index (χ3n) is 3.68. The molecule has 0 aliphatic rings. The molecule has 1 N–H and O–H groups in total. The average molecular weight is 338 g/mol. The molecule has 0 bridgehead atoms. The summed E-state index contributed by atoms with van der Waals surface area (Å²) in [6.07, 6.45) is 1.64. The van der Waals surface area contributed by atoms with E-state index in [4.69, 9.17) is 4.74 Å². The van der Waals surface area contributed by atoms with Crippen LogP contribution in [0.3, 0.4) is 0 Å². The van der Waals surface area contributed by atoms with E-state index >= 15 is 0 Å². The Hall–Kier alpha value is -2.62. The predicted octanol–water partition coefficient (Wildman–Crippen LogP) is 4.61. The van der Waals surface area contributed by atoms with Gasteiger partial charge in [-0.3, -0.25) is 4.79 Å². The summed E-state index contributed by atoms with van der Waals surface area (Å²) in [4.78, 5) is 12.1. The van der Waals surface area contributed by atoms with Crippen molar-refractivity contribution in [1.29, 1.82) is 0 Å². The SMILES string of the molecule is CC(C)COc1ccc(C(=O)NN=Cc2ccc(C(C)C)cc2)cc1. The van der Waals surface area contributed by atoms with Gasteiger partial charge in [0.15, 0.2) is 0 Å². The van der Waals surface area contributed by atoms with Gasteiger partial charge in [0.2, 0.25) is 0 Å². The predicted molar refractivity (Wildman–Crippen MR) is 102 cm³/mol. The van der Waals surface area contributed by atoms with Gasteiger partial charge in [-0.1, -0.05) is 52.0 Å². The number of hydrogen-bond acceptors (Lipinski definition) is 3. The summed E-state index contributed by atoms with van der Waals surface area (Å²) in [5.74, 6) is 1.48. The van der Waals surface area contributed by atoms with Crippen molar-refractivity contribution in [2.45, 2.75) is 33.6 Å². The molecule has 0 saturated carbocycles. The fraction of sp³-hybridized carbons (Fsp3) is 0.333. The number of nitrogens with one attached hydrogen (secondary N) is 1. The van der Waals surface area contributed by atoms with Crippen molar-refractivity contribution in [3.05, 3.63) is 65.2 Å². The lowest BCUT2D eigenvalue weighted by Gasteiger charge is -2.08. The summed E-state index contributed by atoms with van der Waals surface area (Å²) in [6.45, 7) is 9.16. The van der Waals surface area contributed by atoms with Gasteiger partial charge >= 0.3 is 0 Å². The van der Waals surface area contributed by atoms with Gasteiger partial charge in [-0.25, -0.2) is 5.43 Å². The van der Waals surface area contributed by atoms with Crippen LogP contribution >= 0.6 is 0 Å². The van der Waals surface area contributed by atoms with Crippen LogP contribution in [0.25, 0.3) is 0 Å². The van der Waals surface area contributed by atoms with Gasteiger partial charge < -0.3 is 4.74 Å². The van der Waals surface area contributed by atoms with Crippen LogP contribution in [-0.2, 0) is 0 Å². The fourth-order valence-corrected chi connectivity index (χ4v) is 2.16. The van der Waals surface area contributed by atoms with Crippen molar-refractivity contribution >= 4 is 12.1 Å². The first-order valence-corrected chi connectivity index (χ1v) is 8.62. The van der Waals surface area contributed by atoms with Crippen molar-refractivity contribution in [3.8, 4) is 5.75 Å². The largest absolute Gasteiger partial charge is 0.493 e. The second kappa shape index (κ2) is 9.02. The van der Waals surface area contributed by atoms with Crippen LogP contribution in [0.1, 0.15) is 55.1 Å². The minimum atomic E-state index is -0.245. The molecule has 0 fully saturated rings. The van der Waals surface area contributed by atoms with Crippen LogP contribution in [-0.4, -0.2) is 18.7 Å². The molecule has 2 rings (SSSR count). The topological polar surface area (TPSA) is 50.7 Å². The molecule has 4 heteroatoms. The van der Waals surface area contributed by atoms with Gasteiger partial charge in [-0.05, 0) is 47.2 Å². The van der Waals surface area contributed by atoms with Crippen molar-refractivity contribution < 1.29 is 9.53 Å². The Kier molecular flexibility index (Phi) is 6.75. The summed E-state index contributed by atoms with van der Waals surface area (Å²) in [5.41, 5.74) is 5.31. The summed E-state index contributed by atoms with van der Waals surface area (Å²) in [7, 11) is 0. The first-order chi connectivity index (χ1) is 12.0. The average Bonchev–Trinajstić information content (AvgIpc) is 2.60. The Bertz CT molecular complexity index is 702. The molecule has 0 unspecified atom stereocenters. The number of rotatable bonds is 7. The highest BCUT2D eigenvalue weighted by Crippen LogP contribution is 2.14. The molecule has 4 nitrogen and oxygen atoms in total. The monoisotopic (exact) mass is 338 g/mol. The minimum absolute atomic E-state index is 0.245. The summed E-state index contributed by atoms with van der Waals surface area (Å²) in [6, 6.07) is 15.2. The molecule has 0 heterocycles. The molecule has 0 saturated heterocycles. The van der Waals surface area contributed by atoms with Gasteiger partial charge in [-0.2, -0.15) is 5.10 Å². The summed E-state index contributed by atoms with van der Waals surface area (Å²) in [5, 5.41) is 4.02. The van der Waals surface area contributed by atoms with Gasteiger partial charge in [0.1, 0.15) is 5.75 Å². The van der Waals surface area contributed by atoms with Crippen LogP contribution < -0.4 is 10.2 Å². The zero-order valence-corrected chi connectivity index (χ0v) is 15.3. The van der Waals surface area contributed by atoms with Gasteiger partial charge in [-0.15, -0.1) is 0 Å². The lowest BCUT2D eigenvalue weighted by Crippen LogP contribution is -2.17. The summed E-state index contributed by atoms with van der Waals surface area (Å²) >= 11 is 0. The standard InChI is InChI=1S/C21H26N2O2/c1-15(2)14-25-20-11-9-19(10-12-20)21(24)23-22-13-17-5-7-18(8-6-17)16(3)4/h5-13,15-16H,14H2,1-4H3,(H,23,24). The number of carbonyl (C=O) groups excluding carboxylic acids is 1. The van der Waals surface area contributed by atoms with Crippen molar-refractivity contribution in [3.63, 3.8) is 0 Å². The van der Waals surface area contributed by atoms with E-state index in [1.165, 1.54) is 5.56 Å². The zero-order valence-electron chi connectivity index (χ0n) is 15.3. The van der Waals surface area contributed by atoms with Gasteiger partial charge in [0.05, 0.1) is 12.8 Å². The van der Waals surface area contributed by atoms with E-state index < -0.39 is 0 Å². The fourth-order valence-electron chi connectivity index (χ4n) is 2.16. The van der Waals surface area contributed by atoms with E-state index in [0.29, 0.717) is 24.0 Å². The highest BCUT2D eigenvalue weighted by molar-refractivity contribution is 5.95. The Morgan fingerprint density at radius 1 is 1.04 bits per heavy atom. The van der Waals surface area contributed by atoms with E-state index in [2.05, 4.69) is 50.4 Å². The highest BCUT2D eigenvalue weighted by Gasteiger charge is 2.05. The number of nitrogens with zero attached hydrogens (tertiary/aromatic N) is 1. The molecule has 0 aliphatic heterocycles. The number of hydrazone groups is 1. The van der Waals surface area contributed by atoms with Crippen LogP contribution in [0, 0.1) is 5.92 Å². The molecule has 1 amide bonds. The number of benzene rings is 2. The zero-order chi connectivity index (χ0) is 18.2. The Labute approximate surface area is 149 Å². The molecular formula is C21H26N2O2. The number of hydrogen-bond donors (Lipinski definition) is 1. The van der Waals surface area contributed by atoms with Gasteiger partial charge in [0.25, 0.3) is 5.91 Å². The molecule has 0 atom stereocenters. The number of carbonyl (C=O) groups is 1. The Morgan fingerprint density at radius 3 is 2.24 bits per heavy atom. The van der Waals surface area contributed by atoms with E-state index in [1.54, 1.807) is 30.5 Å². The van der Waals surface area contributed by atoms with E-state index in [0.717, 1.165) is 11.3 Å². The quantitative estimate of drug-likeness (QED) is 0.592. The Balaban J connectivity index is 1.88. The first-order valence-electron chi connectivity index (χ1n) is 8.62. The molecule has 25 heavy (non-hydrogen) atoms. The first kappa shape index (κ1) is 18.7. The lowest BCUT2D eigenvalue weighted by molar-refractivity contribution is 0.0955. The van der Waals surface area contributed by atoms with Crippen LogP contribution in [0.2, 0.25) is 0 Å². The van der Waals surface area contributed by atoms with E-state index in [-0.39, 0.29) is 5.91 Å². The second-order valence-electron chi connectivity index (χ2n) is 6.75. The number of ether oxygens (including phenoxy) is 1. The third kappa shape index (κ3) is 6.07. The van der Waals surface area contributed by atoms with Crippen molar-refractivity contribution in [2.24, 2.45) is 11.0 Å². The maximum absolute atomic E-state index is 12.1. The normalized spacial score (nSPS) is 11.3. The maximum atomic E-state index is 12.1. The smallest absolute Gasteiger partial charge is 0.271 e. The van der Waals surface area contributed by atoms with Crippen molar-refractivity contribution in [1.82, 2.24) is 5.43 Å². The van der Waals surface area contributed by atoms with Crippen molar-refractivity contribution in [2.75, 3.05) is 6.61 Å². The molecule has 0 spiro atoms. The molecule has 2 aromatic carbocycles. The highest BCUT2D eigenvalue weighted by atomic mass is 16.5. The third-order valence-corrected chi connectivity index (χ3v) is 3.68. The lowest BCUT2D eigenvalue weighted by atomic mass is 10.0. The maximum Gasteiger partial charge on any atom is 0.271 e. The number of amides is 1. The minimum Gasteiger partial charge on any atom is -0.493 e. The van der Waals surface area contributed by atoms with Crippen LogP contribution in [0.15, 0.2) is 53.6 Å². The molecule has 2 aromatic rings. The molecule has 0 aliphatic carbocycles. The molecule has 0 radical (unpaired) electrons. The van der Waals surface area contributed by atoms with Crippen LogP contribution in [0.5, 0.6) is 5.75 Å².